The first kappa shape index (κ1) is 17.5. The Hall–Kier alpha value is -2.95. The second-order valence-corrected chi connectivity index (χ2v) is 7.22. The van der Waals surface area contributed by atoms with Gasteiger partial charge >= 0.3 is 0 Å². The Balaban J connectivity index is 1.51. The van der Waals surface area contributed by atoms with Crippen molar-refractivity contribution in [3.63, 3.8) is 0 Å². The molecule has 1 saturated carbocycles. The standard InChI is InChI=1S/C22H23N3O2/c1-15-9-11-16(12-10-15)13-23-21(26)14-25-20-8-3-2-6-19(20)24-18-7-4-5-17(18)22(25)27/h2-3,6,8-12,17H,4-5,7,13-14H2,1H3,(H,23,26)/t17-/m1/s1. The van der Waals surface area contributed by atoms with E-state index in [1.807, 2.05) is 55.5 Å². The van der Waals surface area contributed by atoms with Crippen LogP contribution in [-0.2, 0) is 16.1 Å². The molecular formula is C22H23N3O2. The molecule has 2 aliphatic rings. The van der Waals surface area contributed by atoms with Crippen LogP contribution < -0.4 is 10.2 Å². The number of rotatable bonds is 4. The maximum absolute atomic E-state index is 13.1. The molecule has 1 fully saturated rings. The van der Waals surface area contributed by atoms with Crippen molar-refractivity contribution < 1.29 is 9.59 Å². The molecule has 138 valence electrons. The number of fused-ring (bicyclic) bond motifs is 2. The van der Waals surface area contributed by atoms with Crippen molar-refractivity contribution in [2.75, 3.05) is 11.4 Å². The van der Waals surface area contributed by atoms with Crippen LogP contribution in [0.1, 0.15) is 30.4 Å². The molecule has 5 nitrogen and oxygen atoms in total. The highest BCUT2D eigenvalue weighted by Gasteiger charge is 2.36. The van der Waals surface area contributed by atoms with Gasteiger partial charge in [0.25, 0.3) is 0 Å². The van der Waals surface area contributed by atoms with E-state index in [0.29, 0.717) is 6.54 Å². The van der Waals surface area contributed by atoms with Crippen molar-refractivity contribution in [2.24, 2.45) is 10.9 Å². The van der Waals surface area contributed by atoms with E-state index in [9.17, 15) is 9.59 Å². The van der Waals surface area contributed by atoms with Crippen LogP contribution in [-0.4, -0.2) is 24.1 Å². The molecule has 1 aliphatic heterocycles. The lowest BCUT2D eigenvalue weighted by Crippen LogP contribution is -2.43. The molecule has 1 heterocycles. The molecular weight excluding hydrogens is 338 g/mol. The molecule has 2 amide bonds. The number of aliphatic imine (C=N–C) groups is 1. The summed E-state index contributed by atoms with van der Waals surface area (Å²) in [5, 5.41) is 2.93. The van der Waals surface area contributed by atoms with Gasteiger partial charge in [0.15, 0.2) is 0 Å². The van der Waals surface area contributed by atoms with E-state index >= 15 is 0 Å². The topological polar surface area (TPSA) is 61.8 Å². The molecule has 0 radical (unpaired) electrons. The molecule has 0 bridgehead atoms. The number of carbonyl (C=O) groups is 2. The Kier molecular flexibility index (Phi) is 4.75. The lowest BCUT2D eigenvalue weighted by atomic mass is 10.1. The van der Waals surface area contributed by atoms with Gasteiger partial charge in [0, 0.05) is 12.3 Å². The van der Waals surface area contributed by atoms with Gasteiger partial charge in [-0.2, -0.15) is 0 Å². The Morgan fingerprint density at radius 3 is 2.78 bits per heavy atom. The van der Waals surface area contributed by atoms with Crippen LogP contribution in [0, 0.1) is 12.8 Å². The third-order valence-corrected chi connectivity index (χ3v) is 5.24. The molecule has 0 spiro atoms. The summed E-state index contributed by atoms with van der Waals surface area (Å²) in [6.07, 6.45) is 2.65. The fraction of sp³-hybridized carbons (Fsp3) is 0.318. The molecule has 1 N–H and O–H groups in total. The summed E-state index contributed by atoms with van der Waals surface area (Å²) in [5.41, 5.74) is 4.67. The molecule has 2 aromatic rings. The number of aryl methyl sites for hydroxylation is 1. The van der Waals surface area contributed by atoms with E-state index in [4.69, 9.17) is 4.99 Å². The molecule has 1 aliphatic carbocycles. The molecule has 0 saturated heterocycles. The Morgan fingerprint density at radius 2 is 1.96 bits per heavy atom. The summed E-state index contributed by atoms with van der Waals surface area (Å²) in [6.45, 7) is 2.50. The summed E-state index contributed by atoms with van der Waals surface area (Å²) in [7, 11) is 0. The zero-order valence-corrected chi connectivity index (χ0v) is 15.4. The SMILES string of the molecule is Cc1ccc(CNC(=O)CN2C(=O)[C@@H]3CCCC3=Nc3ccccc32)cc1. The second-order valence-electron chi connectivity index (χ2n) is 7.22. The summed E-state index contributed by atoms with van der Waals surface area (Å²) >= 11 is 0. The Bertz CT molecular complexity index is 902. The van der Waals surface area contributed by atoms with Gasteiger partial charge in [0.05, 0.1) is 17.3 Å². The third kappa shape index (κ3) is 3.63. The largest absolute Gasteiger partial charge is 0.350 e. The van der Waals surface area contributed by atoms with Crippen LogP contribution in [0.4, 0.5) is 11.4 Å². The fourth-order valence-corrected chi connectivity index (χ4v) is 3.75. The lowest BCUT2D eigenvalue weighted by molar-refractivity contribution is -0.124. The van der Waals surface area contributed by atoms with E-state index < -0.39 is 0 Å². The first-order chi connectivity index (χ1) is 13.1. The van der Waals surface area contributed by atoms with Gasteiger partial charge in [-0.05, 0) is 43.9 Å². The molecule has 0 unspecified atom stereocenters. The first-order valence-corrected chi connectivity index (χ1v) is 9.42. The number of hydrogen-bond donors (Lipinski definition) is 1. The minimum absolute atomic E-state index is 0.0123. The molecule has 27 heavy (non-hydrogen) atoms. The van der Waals surface area contributed by atoms with E-state index in [0.717, 1.165) is 41.9 Å². The van der Waals surface area contributed by atoms with Crippen LogP contribution in [0.25, 0.3) is 0 Å². The van der Waals surface area contributed by atoms with Gasteiger partial charge in [-0.25, -0.2) is 0 Å². The lowest BCUT2D eigenvalue weighted by Gasteiger charge is -2.24. The Morgan fingerprint density at radius 1 is 1.19 bits per heavy atom. The average molecular weight is 361 g/mol. The third-order valence-electron chi connectivity index (χ3n) is 5.24. The highest BCUT2D eigenvalue weighted by Crippen LogP contribution is 2.37. The fourth-order valence-electron chi connectivity index (χ4n) is 3.75. The maximum Gasteiger partial charge on any atom is 0.240 e. The van der Waals surface area contributed by atoms with Crippen molar-refractivity contribution in [3.05, 3.63) is 59.7 Å². The Labute approximate surface area is 159 Å². The molecule has 5 heteroatoms. The molecule has 1 atom stereocenters. The predicted molar refractivity (Wildman–Crippen MR) is 106 cm³/mol. The van der Waals surface area contributed by atoms with Gasteiger partial charge < -0.3 is 10.2 Å². The summed E-state index contributed by atoms with van der Waals surface area (Å²) in [6, 6.07) is 15.6. The van der Waals surface area contributed by atoms with E-state index in [1.165, 1.54) is 5.56 Å². The van der Waals surface area contributed by atoms with E-state index in [2.05, 4.69) is 5.32 Å². The van der Waals surface area contributed by atoms with Crippen molar-refractivity contribution in [1.82, 2.24) is 5.32 Å². The smallest absolute Gasteiger partial charge is 0.240 e. The van der Waals surface area contributed by atoms with Gasteiger partial charge in [0.1, 0.15) is 6.54 Å². The molecule has 2 aromatic carbocycles. The van der Waals surface area contributed by atoms with Crippen molar-refractivity contribution >= 4 is 28.9 Å². The van der Waals surface area contributed by atoms with Gasteiger partial charge in [-0.3, -0.25) is 14.6 Å². The number of anilines is 1. The number of carbonyl (C=O) groups excluding carboxylic acids is 2. The van der Waals surface area contributed by atoms with Crippen molar-refractivity contribution in [3.8, 4) is 0 Å². The maximum atomic E-state index is 13.1. The second kappa shape index (κ2) is 7.35. The normalized spacial score (nSPS) is 18.4. The minimum atomic E-state index is -0.192. The number of hydrogen-bond acceptors (Lipinski definition) is 3. The first-order valence-electron chi connectivity index (χ1n) is 9.42. The van der Waals surface area contributed by atoms with Crippen molar-refractivity contribution in [1.29, 1.82) is 0 Å². The monoisotopic (exact) mass is 361 g/mol. The number of benzene rings is 2. The van der Waals surface area contributed by atoms with Crippen LogP contribution >= 0.6 is 0 Å². The average Bonchev–Trinajstić information content (AvgIpc) is 3.10. The molecule has 0 aromatic heterocycles. The summed E-state index contributed by atoms with van der Waals surface area (Å²) in [5.74, 6) is -0.371. The number of amides is 2. The summed E-state index contributed by atoms with van der Waals surface area (Å²) < 4.78 is 0. The minimum Gasteiger partial charge on any atom is -0.350 e. The molecule has 4 rings (SSSR count). The number of nitrogens with one attached hydrogen (secondary N) is 1. The zero-order chi connectivity index (χ0) is 18.8. The van der Waals surface area contributed by atoms with Crippen LogP contribution in [0.5, 0.6) is 0 Å². The van der Waals surface area contributed by atoms with Gasteiger partial charge in [0.2, 0.25) is 11.8 Å². The predicted octanol–water partition coefficient (Wildman–Crippen LogP) is 3.53. The number of nitrogens with zero attached hydrogens (tertiary/aromatic N) is 2. The highest BCUT2D eigenvalue weighted by atomic mass is 16.2. The van der Waals surface area contributed by atoms with E-state index in [-0.39, 0.29) is 24.3 Å². The van der Waals surface area contributed by atoms with Gasteiger partial charge in [-0.1, -0.05) is 42.0 Å². The quantitative estimate of drug-likeness (QED) is 0.905. The zero-order valence-electron chi connectivity index (χ0n) is 15.4. The van der Waals surface area contributed by atoms with E-state index in [1.54, 1.807) is 4.90 Å². The summed E-state index contributed by atoms with van der Waals surface area (Å²) in [4.78, 5) is 32.0. The number of para-hydroxylation sites is 2. The van der Waals surface area contributed by atoms with Crippen LogP contribution in [0.2, 0.25) is 0 Å². The van der Waals surface area contributed by atoms with Crippen LogP contribution in [0.3, 0.4) is 0 Å². The van der Waals surface area contributed by atoms with Crippen LogP contribution in [0.15, 0.2) is 53.5 Å². The van der Waals surface area contributed by atoms with Crippen molar-refractivity contribution in [2.45, 2.75) is 32.7 Å². The highest BCUT2D eigenvalue weighted by molar-refractivity contribution is 6.16. The van der Waals surface area contributed by atoms with Gasteiger partial charge in [-0.15, -0.1) is 0 Å².